The summed E-state index contributed by atoms with van der Waals surface area (Å²) in [5, 5.41) is 3.84. The van der Waals surface area contributed by atoms with Gasteiger partial charge in [0, 0.05) is 27.6 Å². The molecule has 2 aromatic rings. The average Bonchev–Trinajstić information content (AvgIpc) is 2.75. The second kappa shape index (κ2) is 12.5. The lowest BCUT2D eigenvalue weighted by Gasteiger charge is -2.31. The summed E-state index contributed by atoms with van der Waals surface area (Å²) in [5.74, 6) is 0.111. The Morgan fingerprint density at radius 1 is 1.12 bits per heavy atom. The van der Waals surface area contributed by atoms with Crippen molar-refractivity contribution in [1.82, 2.24) is 10.2 Å². The van der Waals surface area contributed by atoms with Gasteiger partial charge < -0.3 is 15.0 Å². The number of aryl methyl sites for hydroxylation is 2. The summed E-state index contributed by atoms with van der Waals surface area (Å²) < 4.78 is 6.82. The van der Waals surface area contributed by atoms with E-state index in [4.69, 9.17) is 27.9 Å². The fraction of sp³-hybridized carbons (Fsp3) is 0.417. The highest BCUT2D eigenvalue weighted by atomic mass is 79.9. The number of nitrogens with zero attached hydrogens (tertiary/aromatic N) is 1. The molecule has 8 heteroatoms. The van der Waals surface area contributed by atoms with Gasteiger partial charge in [-0.1, -0.05) is 59.0 Å². The first kappa shape index (κ1) is 26.5. The Morgan fingerprint density at radius 2 is 1.78 bits per heavy atom. The van der Waals surface area contributed by atoms with Crippen LogP contribution in [0, 0.1) is 13.8 Å². The highest BCUT2D eigenvalue weighted by Gasteiger charge is 2.29. The van der Waals surface area contributed by atoms with Gasteiger partial charge in [-0.2, -0.15) is 0 Å². The van der Waals surface area contributed by atoms with Crippen LogP contribution in [-0.2, 0) is 16.1 Å². The van der Waals surface area contributed by atoms with Gasteiger partial charge in [0.15, 0.2) is 6.61 Å². The van der Waals surface area contributed by atoms with Gasteiger partial charge in [0.05, 0.1) is 0 Å². The van der Waals surface area contributed by atoms with E-state index in [9.17, 15) is 9.59 Å². The molecule has 32 heavy (non-hydrogen) atoms. The monoisotopic (exact) mass is 542 g/mol. The molecule has 5 nitrogen and oxygen atoms in total. The molecule has 2 aromatic carbocycles. The number of benzene rings is 2. The number of hydrogen-bond donors (Lipinski definition) is 1. The standard InChI is InChI=1S/C24H29BrCl2N2O3/c1-5-9-28-24(31)21(6-2)29(13-17-7-8-18(26)12-20(17)27)22(30)14-32-19-10-15(3)23(25)16(4)11-19/h7-8,10-12,21H,5-6,9,13-14H2,1-4H3,(H,28,31). The van der Waals surface area contributed by atoms with E-state index in [2.05, 4.69) is 21.2 Å². The van der Waals surface area contributed by atoms with Crippen molar-refractivity contribution >= 4 is 50.9 Å². The van der Waals surface area contributed by atoms with Crippen molar-refractivity contribution in [3.05, 3.63) is 61.5 Å². The second-order valence-electron chi connectivity index (χ2n) is 7.63. The molecule has 174 valence electrons. The third-order valence-corrected chi connectivity index (χ3v) is 6.90. The van der Waals surface area contributed by atoms with Gasteiger partial charge in [0.2, 0.25) is 5.91 Å². The highest BCUT2D eigenvalue weighted by Crippen LogP contribution is 2.27. The SMILES string of the molecule is CCCNC(=O)C(CC)N(Cc1ccc(Cl)cc1Cl)C(=O)COc1cc(C)c(Br)c(C)c1. The molecule has 0 fully saturated rings. The van der Waals surface area contributed by atoms with Gasteiger partial charge in [-0.05, 0) is 67.6 Å². The Kier molecular flexibility index (Phi) is 10.3. The topological polar surface area (TPSA) is 58.6 Å². The summed E-state index contributed by atoms with van der Waals surface area (Å²) in [5.41, 5.74) is 2.74. The van der Waals surface area contributed by atoms with Crippen LogP contribution in [0.2, 0.25) is 10.0 Å². The molecule has 0 bridgehead atoms. The van der Waals surface area contributed by atoms with Crippen molar-refractivity contribution in [3.8, 4) is 5.75 Å². The zero-order valence-electron chi connectivity index (χ0n) is 18.8. The highest BCUT2D eigenvalue weighted by molar-refractivity contribution is 9.10. The maximum atomic E-state index is 13.3. The fourth-order valence-electron chi connectivity index (χ4n) is 3.34. The number of carbonyl (C=O) groups excluding carboxylic acids is 2. The van der Waals surface area contributed by atoms with Crippen LogP contribution in [0.15, 0.2) is 34.8 Å². The van der Waals surface area contributed by atoms with E-state index in [0.29, 0.717) is 34.3 Å². The first-order valence-electron chi connectivity index (χ1n) is 10.6. The normalized spacial score (nSPS) is 11.7. The largest absolute Gasteiger partial charge is 0.484 e. The Balaban J connectivity index is 2.27. The lowest BCUT2D eigenvalue weighted by Crippen LogP contribution is -2.50. The minimum absolute atomic E-state index is 0.175. The zero-order chi connectivity index (χ0) is 23.8. The maximum Gasteiger partial charge on any atom is 0.261 e. The Morgan fingerprint density at radius 3 is 2.34 bits per heavy atom. The molecule has 0 aliphatic rings. The lowest BCUT2D eigenvalue weighted by atomic mass is 10.1. The second-order valence-corrected chi connectivity index (χ2v) is 9.27. The summed E-state index contributed by atoms with van der Waals surface area (Å²) in [6, 6.07) is 8.21. The van der Waals surface area contributed by atoms with Gasteiger partial charge >= 0.3 is 0 Å². The van der Waals surface area contributed by atoms with Crippen LogP contribution in [-0.4, -0.2) is 35.9 Å². The molecule has 2 amide bonds. The number of halogens is 3. The number of nitrogens with one attached hydrogen (secondary N) is 1. The van der Waals surface area contributed by atoms with E-state index >= 15 is 0 Å². The Bertz CT molecular complexity index is 945. The Hall–Kier alpha value is -1.76. The minimum atomic E-state index is -0.641. The molecule has 0 radical (unpaired) electrons. The molecule has 0 aromatic heterocycles. The molecule has 2 rings (SSSR count). The average molecular weight is 544 g/mol. The van der Waals surface area contributed by atoms with E-state index < -0.39 is 6.04 Å². The third-order valence-electron chi connectivity index (χ3n) is 5.06. The van der Waals surface area contributed by atoms with Gasteiger partial charge in [-0.25, -0.2) is 0 Å². The van der Waals surface area contributed by atoms with E-state index in [0.717, 1.165) is 22.0 Å². The maximum absolute atomic E-state index is 13.3. The summed E-state index contributed by atoms with van der Waals surface area (Å²) in [6.45, 7) is 8.32. The number of carbonyl (C=O) groups is 2. The quantitative estimate of drug-likeness (QED) is 0.394. The number of ether oxygens (including phenoxy) is 1. The summed E-state index contributed by atoms with van der Waals surface area (Å²) in [4.78, 5) is 27.6. The van der Waals surface area contributed by atoms with Crippen LogP contribution in [0.5, 0.6) is 5.75 Å². The summed E-state index contributed by atoms with van der Waals surface area (Å²) >= 11 is 15.9. The van der Waals surface area contributed by atoms with Gasteiger partial charge in [-0.15, -0.1) is 0 Å². The predicted molar refractivity (Wildman–Crippen MR) is 134 cm³/mol. The van der Waals surface area contributed by atoms with Crippen molar-refractivity contribution in [3.63, 3.8) is 0 Å². The fourth-order valence-corrected chi connectivity index (χ4v) is 4.03. The molecule has 0 spiro atoms. The number of hydrogen-bond acceptors (Lipinski definition) is 3. The minimum Gasteiger partial charge on any atom is -0.484 e. The molecule has 0 heterocycles. The van der Waals surface area contributed by atoms with Crippen LogP contribution in [0.25, 0.3) is 0 Å². The van der Waals surface area contributed by atoms with Crippen molar-refractivity contribution in [1.29, 1.82) is 0 Å². The third kappa shape index (κ3) is 7.12. The van der Waals surface area contributed by atoms with E-state index in [-0.39, 0.29) is 25.0 Å². The summed E-state index contributed by atoms with van der Waals surface area (Å²) in [7, 11) is 0. The van der Waals surface area contributed by atoms with Crippen LogP contribution in [0.4, 0.5) is 0 Å². The molecule has 1 atom stereocenters. The molecule has 0 aliphatic carbocycles. The van der Waals surface area contributed by atoms with Gasteiger partial charge in [0.25, 0.3) is 5.91 Å². The van der Waals surface area contributed by atoms with Gasteiger partial charge in [-0.3, -0.25) is 9.59 Å². The molecule has 0 saturated carbocycles. The van der Waals surface area contributed by atoms with E-state index in [1.807, 2.05) is 39.8 Å². The zero-order valence-corrected chi connectivity index (χ0v) is 21.9. The van der Waals surface area contributed by atoms with Crippen molar-refractivity contribution in [2.45, 2.75) is 53.1 Å². The lowest BCUT2D eigenvalue weighted by molar-refractivity contribution is -0.143. The Labute approximate surface area is 208 Å². The summed E-state index contributed by atoms with van der Waals surface area (Å²) in [6.07, 6.45) is 1.27. The number of amides is 2. The molecule has 1 unspecified atom stereocenters. The van der Waals surface area contributed by atoms with Crippen LogP contribution in [0.1, 0.15) is 43.4 Å². The number of rotatable bonds is 10. The van der Waals surface area contributed by atoms with Crippen LogP contribution in [0.3, 0.4) is 0 Å². The van der Waals surface area contributed by atoms with E-state index in [1.165, 1.54) is 4.90 Å². The smallest absolute Gasteiger partial charge is 0.261 e. The molecule has 1 N–H and O–H groups in total. The first-order valence-corrected chi connectivity index (χ1v) is 12.1. The van der Waals surface area contributed by atoms with Gasteiger partial charge in [0.1, 0.15) is 11.8 Å². The van der Waals surface area contributed by atoms with Crippen molar-refractivity contribution in [2.75, 3.05) is 13.2 Å². The predicted octanol–water partition coefficient (Wildman–Crippen LogP) is 6.09. The van der Waals surface area contributed by atoms with E-state index in [1.54, 1.807) is 18.2 Å². The van der Waals surface area contributed by atoms with Crippen molar-refractivity contribution in [2.24, 2.45) is 0 Å². The molecular weight excluding hydrogens is 515 g/mol. The van der Waals surface area contributed by atoms with Crippen LogP contribution >= 0.6 is 39.1 Å². The van der Waals surface area contributed by atoms with Crippen molar-refractivity contribution < 1.29 is 14.3 Å². The molecular formula is C24H29BrCl2N2O3. The van der Waals surface area contributed by atoms with Crippen LogP contribution < -0.4 is 10.1 Å². The first-order chi connectivity index (χ1) is 15.2. The molecule has 0 aliphatic heterocycles. The molecule has 0 saturated heterocycles.